The number of hydrogen-bond acceptors (Lipinski definition) is 4. The third kappa shape index (κ3) is 5.00. The minimum Gasteiger partial charge on any atom is -0.490 e. The lowest BCUT2D eigenvalue weighted by Crippen LogP contribution is -2.23. The van der Waals surface area contributed by atoms with Gasteiger partial charge in [0.2, 0.25) is 0 Å². The molecule has 1 atom stereocenters. The van der Waals surface area contributed by atoms with Gasteiger partial charge in [0.1, 0.15) is 24.3 Å². The fourth-order valence-electron chi connectivity index (χ4n) is 1.51. The zero-order valence-electron chi connectivity index (χ0n) is 10.8. The molecule has 2 N–H and O–H groups in total. The second-order valence-electron chi connectivity index (χ2n) is 3.95. The van der Waals surface area contributed by atoms with Gasteiger partial charge in [0.25, 0.3) is 0 Å². The van der Waals surface area contributed by atoms with Crippen molar-refractivity contribution in [1.82, 2.24) is 5.32 Å². The van der Waals surface area contributed by atoms with E-state index in [-0.39, 0.29) is 19.0 Å². The van der Waals surface area contributed by atoms with Crippen molar-refractivity contribution in [3.05, 3.63) is 29.6 Å². The van der Waals surface area contributed by atoms with Crippen LogP contribution in [0.5, 0.6) is 5.75 Å². The van der Waals surface area contributed by atoms with Crippen LogP contribution in [-0.4, -0.2) is 38.1 Å². The molecule has 0 aliphatic heterocycles. The molecule has 1 aromatic rings. The van der Waals surface area contributed by atoms with Gasteiger partial charge in [0.05, 0.1) is 6.61 Å². The molecule has 5 heteroatoms. The van der Waals surface area contributed by atoms with E-state index in [1.165, 1.54) is 19.2 Å². The van der Waals surface area contributed by atoms with Crippen molar-refractivity contribution in [3.8, 4) is 5.75 Å². The van der Waals surface area contributed by atoms with Gasteiger partial charge < -0.3 is 19.9 Å². The lowest BCUT2D eigenvalue weighted by molar-refractivity contribution is 0.0323. The Morgan fingerprint density at radius 1 is 1.39 bits per heavy atom. The lowest BCUT2D eigenvalue weighted by atomic mass is 10.2. The number of methoxy groups -OCH3 is 1. The van der Waals surface area contributed by atoms with Gasteiger partial charge in [-0.1, -0.05) is 6.92 Å². The van der Waals surface area contributed by atoms with Crippen LogP contribution in [0.1, 0.15) is 12.5 Å². The fraction of sp³-hybridized carbons (Fsp3) is 0.538. The Bertz CT molecular complexity index is 360. The van der Waals surface area contributed by atoms with Gasteiger partial charge in [-0.05, 0) is 24.7 Å². The number of hydrogen-bond donors (Lipinski definition) is 2. The molecule has 1 unspecified atom stereocenters. The Morgan fingerprint density at radius 2 is 2.17 bits per heavy atom. The average molecular weight is 257 g/mol. The van der Waals surface area contributed by atoms with Crippen molar-refractivity contribution in [2.75, 3.05) is 26.9 Å². The van der Waals surface area contributed by atoms with E-state index in [2.05, 4.69) is 5.32 Å². The molecule has 0 aliphatic rings. The van der Waals surface area contributed by atoms with Crippen molar-refractivity contribution < 1.29 is 19.0 Å². The molecule has 0 fully saturated rings. The molecule has 1 aromatic carbocycles. The maximum absolute atomic E-state index is 13.1. The van der Waals surface area contributed by atoms with Crippen LogP contribution in [0.15, 0.2) is 18.2 Å². The molecule has 102 valence electrons. The summed E-state index contributed by atoms with van der Waals surface area (Å²) in [6.07, 6.45) is -0.688. The van der Waals surface area contributed by atoms with Crippen LogP contribution in [0.25, 0.3) is 0 Å². The zero-order chi connectivity index (χ0) is 13.4. The number of rotatable bonds is 8. The summed E-state index contributed by atoms with van der Waals surface area (Å²) in [6, 6.07) is 4.34. The van der Waals surface area contributed by atoms with Crippen LogP contribution in [0, 0.1) is 5.82 Å². The molecular formula is C13H20FNO3. The van der Waals surface area contributed by atoms with Gasteiger partial charge in [-0.3, -0.25) is 0 Å². The lowest BCUT2D eigenvalue weighted by Gasteiger charge is -2.14. The van der Waals surface area contributed by atoms with Gasteiger partial charge in [-0.25, -0.2) is 4.39 Å². The molecule has 0 spiro atoms. The second-order valence-corrected chi connectivity index (χ2v) is 3.95. The highest BCUT2D eigenvalue weighted by molar-refractivity contribution is 5.33. The quantitative estimate of drug-likeness (QED) is 0.737. The molecule has 0 amide bonds. The maximum atomic E-state index is 13.1. The van der Waals surface area contributed by atoms with Crippen LogP contribution in [0.4, 0.5) is 4.39 Å². The van der Waals surface area contributed by atoms with E-state index >= 15 is 0 Å². The van der Waals surface area contributed by atoms with Gasteiger partial charge in [0.15, 0.2) is 0 Å². The Kier molecular flexibility index (Phi) is 6.64. The number of nitrogens with one attached hydrogen (secondary N) is 1. The first kappa shape index (κ1) is 14.9. The van der Waals surface area contributed by atoms with Crippen LogP contribution in [0.2, 0.25) is 0 Å². The zero-order valence-corrected chi connectivity index (χ0v) is 10.8. The smallest absolute Gasteiger partial charge is 0.124 e. The molecule has 0 saturated heterocycles. The predicted octanol–water partition coefficient (Wildman–Crippen LogP) is 1.32. The highest BCUT2D eigenvalue weighted by Gasteiger charge is 2.08. The largest absolute Gasteiger partial charge is 0.490 e. The third-order valence-electron chi connectivity index (χ3n) is 2.38. The summed E-state index contributed by atoms with van der Waals surface area (Å²) in [5.41, 5.74) is 0.737. The molecule has 0 bridgehead atoms. The monoisotopic (exact) mass is 257 g/mol. The Balaban J connectivity index is 2.62. The predicted molar refractivity (Wildman–Crippen MR) is 67.2 cm³/mol. The van der Waals surface area contributed by atoms with E-state index in [1.807, 2.05) is 6.92 Å². The molecule has 18 heavy (non-hydrogen) atoms. The van der Waals surface area contributed by atoms with Crippen LogP contribution in [-0.2, 0) is 11.3 Å². The number of aliphatic hydroxyl groups is 1. The van der Waals surface area contributed by atoms with Crippen molar-refractivity contribution in [2.24, 2.45) is 0 Å². The summed E-state index contributed by atoms with van der Waals surface area (Å²) in [5.74, 6) is 0.278. The van der Waals surface area contributed by atoms with Gasteiger partial charge in [0, 0.05) is 19.2 Å². The molecule has 0 saturated carbocycles. The summed E-state index contributed by atoms with van der Waals surface area (Å²) in [5, 5.41) is 12.6. The molecule has 4 nitrogen and oxygen atoms in total. The molecule has 0 heterocycles. The van der Waals surface area contributed by atoms with Crippen molar-refractivity contribution >= 4 is 0 Å². The number of benzene rings is 1. The topological polar surface area (TPSA) is 50.7 Å². The first-order valence-corrected chi connectivity index (χ1v) is 5.96. The highest BCUT2D eigenvalue weighted by atomic mass is 19.1. The summed E-state index contributed by atoms with van der Waals surface area (Å²) < 4.78 is 23.4. The summed E-state index contributed by atoms with van der Waals surface area (Å²) in [6.45, 7) is 3.64. The maximum Gasteiger partial charge on any atom is 0.124 e. The first-order chi connectivity index (χ1) is 8.67. The van der Waals surface area contributed by atoms with Gasteiger partial charge >= 0.3 is 0 Å². The number of ether oxygens (including phenoxy) is 2. The van der Waals surface area contributed by atoms with Crippen molar-refractivity contribution in [3.63, 3.8) is 0 Å². The average Bonchev–Trinajstić information content (AvgIpc) is 2.35. The summed E-state index contributed by atoms with van der Waals surface area (Å²) >= 11 is 0. The summed E-state index contributed by atoms with van der Waals surface area (Å²) in [7, 11) is 1.51. The third-order valence-corrected chi connectivity index (χ3v) is 2.38. The molecule has 0 aliphatic carbocycles. The highest BCUT2D eigenvalue weighted by Crippen LogP contribution is 2.19. The Labute approximate surface area is 107 Å². The summed E-state index contributed by atoms with van der Waals surface area (Å²) in [4.78, 5) is 0. The van der Waals surface area contributed by atoms with Gasteiger partial charge in [-0.15, -0.1) is 0 Å². The van der Waals surface area contributed by atoms with E-state index in [9.17, 15) is 9.50 Å². The molecule has 1 rings (SSSR count). The van der Waals surface area contributed by atoms with E-state index in [4.69, 9.17) is 9.47 Å². The van der Waals surface area contributed by atoms with Crippen LogP contribution < -0.4 is 10.1 Å². The normalized spacial score (nSPS) is 12.4. The number of halogens is 1. The Hall–Kier alpha value is -1.17. The van der Waals surface area contributed by atoms with E-state index < -0.39 is 6.10 Å². The molecule has 0 radical (unpaired) electrons. The molecular weight excluding hydrogens is 237 g/mol. The van der Waals surface area contributed by atoms with Gasteiger partial charge in [-0.2, -0.15) is 0 Å². The van der Waals surface area contributed by atoms with E-state index in [1.54, 1.807) is 6.07 Å². The van der Waals surface area contributed by atoms with Crippen molar-refractivity contribution in [2.45, 2.75) is 19.6 Å². The fourth-order valence-corrected chi connectivity index (χ4v) is 1.51. The standard InChI is InChI=1S/C13H20FNO3/c1-3-15-7-10-6-11(14)4-5-13(10)18-9-12(16)8-17-2/h4-6,12,15-16H,3,7-9H2,1-2H3. The second kappa shape index (κ2) is 8.02. The van der Waals surface area contributed by atoms with Crippen LogP contribution in [0.3, 0.4) is 0 Å². The van der Waals surface area contributed by atoms with Crippen LogP contribution >= 0.6 is 0 Å². The number of aliphatic hydroxyl groups excluding tert-OH is 1. The van der Waals surface area contributed by atoms with E-state index in [0.717, 1.165) is 12.1 Å². The SMILES string of the molecule is CCNCc1cc(F)ccc1OCC(O)COC. The Morgan fingerprint density at radius 3 is 2.83 bits per heavy atom. The van der Waals surface area contributed by atoms with E-state index in [0.29, 0.717) is 12.3 Å². The minimum absolute atomic E-state index is 0.124. The van der Waals surface area contributed by atoms with Crippen molar-refractivity contribution in [1.29, 1.82) is 0 Å². The molecule has 0 aromatic heterocycles. The minimum atomic E-state index is -0.688. The first-order valence-electron chi connectivity index (χ1n) is 5.96.